The van der Waals surface area contributed by atoms with Gasteiger partial charge in [-0.3, -0.25) is 0 Å². The molecular weight excluding hydrogens is 1000 g/mol. The molecule has 0 aliphatic carbocycles. The minimum absolute atomic E-state index is 0.0896. The predicted molar refractivity (Wildman–Crippen MR) is 257 cm³/mol. The number of pyridine rings is 1. The number of esters is 1. The number of amides is 4. The number of alkyl halides is 4. The summed E-state index contributed by atoms with van der Waals surface area (Å²) in [6.45, 7) is 12.3. The van der Waals surface area contributed by atoms with Crippen LogP contribution in [0.25, 0.3) is 33.4 Å². The van der Waals surface area contributed by atoms with Crippen LogP contribution in [0.1, 0.15) is 76.3 Å². The molecule has 0 saturated carbocycles. The Bertz CT molecular complexity index is 2550. The van der Waals surface area contributed by atoms with Crippen LogP contribution >= 0.6 is 31.4 Å². The zero-order chi connectivity index (χ0) is 48.5. The van der Waals surface area contributed by atoms with E-state index in [4.69, 9.17) is 14.5 Å². The summed E-state index contributed by atoms with van der Waals surface area (Å²) in [5, 5.41) is 4.34. The molecule has 7 rings (SSSR count). The summed E-state index contributed by atoms with van der Waals surface area (Å²) in [6, 6.07) is 6.82. The van der Waals surface area contributed by atoms with Crippen molar-refractivity contribution in [3.8, 4) is 22.5 Å². The normalized spacial score (nSPS) is 20.6. The average Bonchev–Trinajstić information content (AvgIpc) is 4.05. The van der Waals surface area contributed by atoms with Crippen LogP contribution in [0.3, 0.4) is 0 Å². The number of fused-ring (bicyclic) bond motifs is 6. The fourth-order valence-corrected chi connectivity index (χ4v) is 14.7. The van der Waals surface area contributed by atoms with E-state index in [1.807, 2.05) is 39.1 Å². The third-order valence-corrected chi connectivity index (χ3v) is 18.2. The summed E-state index contributed by atoms with van der Waals surface area (Å²) in [7, 11) is 3.08. The number of likely N-dealkylation sites (N-methyl/N-ethyl adjacent to an activating group) is 1. The monoisotopic (exact) mass is 1060 g/mol. The zero-order valence-electron chi connectivity index (χ0n) is 38.7. The molecule has 3 aliphatic rings. The third-order valence-electron chi connectivity index (χ3n) is 12.5. The van der Waals surface area contributed by atoms with Crippen LogP contribution in [0.2, 0.25) is 0 Å². The second-order valence-corrected chi connectivity index (χ2v) is 23.7. The van der Waals surface area contributed by atoms with Crippen LogP contribution in [0.15, 0.2) is 54.6 Å². The Labute approximate surface area is 399 Å². The minimum atomic E-state index is -4.59. The van der Waals surface area contributed by atoms with E-state index in [0.717, 1.165) is 0 Å². The van der Waals surface area contributed by atoms with Crippen LogP contribution < -0.4 is 8.96 Å². The Kier molecular flexibility index (Phi) is 15.2. The summed E-state index contributed by atoms with van der Waals surface area (Å²) in [5.41, 5.74) is 5.68. The molecule has 4 amide bonds. The molecule has 2 N–H and O–H groups in total. The Morgan fingerprint density at radius 2 is 1.93 bits per heavy atom. The van der Waals surface area contributed by atoms with Crippen LogP contribution in [0.5, 0.6) is 0 Å². The van der Waals surface area contributed by atoms with Gasteiger partial charge in [-0.1, -0.05) is 0 Å². The maximum atomic E-state index is 14.6. The van der Waals surface area contributed by atoms with Gasteiger partial charge in [0.05, 0.1) is 0 Å². The van der Waals surface area contributed by atoms with Gasteiger partial charge in [-0.2, -0.15) is 0 Å². The molecule has 6 bridgehead atoms. The number of halogens is 4. The molecule has 67 heavy (non-hydrogen) atoms. The molecule has 2 saturated heterocycles. The quantitative estimate of drug-likeness (QED) is 0.0304. The van der Waals surface area contributed by atoms with E-state index in [1.54, 1.807) is 49.3 Å². The molecule has 20 heteroatoms. The van der Waals surface area contributed by atoms with E-state index in [-0.39, 0.29) is 52.2 Å². The Morgan fingerprint density at radius 1 is 1.16 bits per heavy atom. The van der Waals surface area contributed by atoms with Gasteiger partial charge in [-0.05, 0) is 6.92 Å². The van der Waals surface area contributed by atoms with Gasteiger partial charge in [-0.15, -0.1) is 0 Å². The Morgan fingerprint density at radius 3 is 2.63 bits per heavy atom. The molecule has 2 fully saturated rings. The second-order valence-electron chi connectivity index (χ2n) is 18.4. The summed E-state index contributed by atoms with van der Waals surface area (Å²) < 4.78 is 59.7. The first kappa shape index (κ1) is 50.0. The summed E-state index contributed by atoms with van der Waals surface area (Å²) in [5.74, 6) is -2.50. The topological polar surface area (TPSA) is 168 Å². The van der Waals surface area contributed by atoms with Crippen molar-refractivity contribution in [2.75, 3.05) is 40.4 Å². The number of hydrogen-bond donors (Lipinski definition) is 2. The Hall–Kier alpha value is -4.93. The molecule has 0 unspecified atom stereocenters. The standard InChI is InChI=1S/C47H58F3IN8O7S/c1-9-38(60)57-19-16-30(23-57)43(62)56(7)40(27(2)3)42(61)54-51-22-37-53-35(24-67-37)29-14-15-36-32(20-29)33(21-46(5,6)26-66-44(63)34-13-11-18-59(55-34)45(51)64)41(58(36)25-47(48,49)50)31-12-10-17-52-39(31)28(4)65-8/h9-10,12,14-15,17,20,24,27-28,30,34,40,55H,1,11,13,16,18-19,21-23,25-26H2,2-8H3,(H,54,61)/t28-,30-,34-,40-/m0/s1. The van der Waals surface area contributed by atoms with Gasteiger partial charge in [0.15, 0.2) is 0 Å². The van der Waals surface area contributed by atoms with Crippen molar-refractivity contribution in [2.24, 2.45) is 17.3 Å². The average molecular weight is 1060 g/mol. The van der Waals surface area contributed by atoms with Crippen LogP contribution in [0.4, 0.5) is 18.0 Å². The molecule has 0 spiro atoms. The molecular formula is C47H58F3IN8O7S. The Balaban J connectivity index is 1.30. The SMILES string of the molecule is C=CC(=O)N1CC[C@H](C(=O)N(C)[C@H](C(=O)NI2Cc3nc(cs3)-c3ccc4c(c3)c(c(-c3cccnc3[C@H](C)OC)n4CC(F)(F)F)CC(C)(C)COC(=O)[C@@H]3CCCN(N3)C2=O)C(C)C)C1. The molecule has 0 radical (unpaired) electrons. The molecule has 362 valence electrons. The van der Waals surface area contributed by atoms with E-state index < -0.39 is 74.2 Å². The van der Waals surface area contributed by atoms with Gasteiger partial charge in [0.25, 0.3) is 0 Å². The molecule has 3 aromatic heterocycles. The number of thiazole rings is 1. The van der Waals surface area contributed by atoms with E-state index >= 15 is 0 Å². The number of likely N-dealkylation sites (tertiary alicyclic amines) is 1. The first-order valence-corrected chi connectivity index (χ1v) is 26.8. The number of methoxy groups -OCH3 is 1. The molecule has 15 nitrogen and oxygen atoms in total. The molecule has 6 heterocycles. The van der Waals surface area contributed by atoms with E-state index in [1.165, 1.54) is 39.0 Å². The number of cyclic esters (lactones) is 1. The number of nitrogens with zero attached hydrogens (tertiary/aromatic N) is 6. The summed E-state index contributed by atoms with van der Waals surface area (Å²) >= 11 is -2.05. The number of aromatic nitrogens is 3. The van der Waals surface area contributed by atoms with Crippen molar-refractivity contribution in [2.45, 2.75) is 95.6 Å². The van der Waals surface area contributed by atoms with Crippen molar-refractivity contribution in [3.63, 3.8) is 0 Å². The second kappa shape index (κ2) is 20.3. The third kappa shape index (κ3) is 11.0. The van der Waals surface area contributed by atoms with Crippen molar-refractivity contribution in [1.82, 2.24) is 38.3 Å². The number of hydrogen-bond acceptors (Lipinski definition) is 11. The predicted octanol–water partition coefficient (Wildman–Crippen LogP) is 7.87. The van der Waals surface area contributed by atoms with Crippen LogP contribution in [-0.4, -0.2) is 116 Å². The fourth-order valence-electron chi connectivity index (χ4n) is 9.13. The first-order chi connectivity index (χ1) is 31.7. The van der Waals surface area contributed by atoms with Crippen molar-refractivity contribution < 1.29 is 46.6 Å². The number of hydrazine groups is 1. The zero-order valence-corrected chi connectivity index (χ0v) is 41.7. The molecule has 3 aliphatic heterocycles. The molecule has 4 aromatic rings. The van der Waals surface area contributed by atoms with Gasteiger partial charge in [-0.25, -0.2) is 0 Å². The van der Waals surface area contributed by atoms with Crippen molar-refractivity contribution in [1.29, 1.82) is 0 Å². The van der Waals surface area contributed by atoms with Crippen molar-refractivity contribution >= 4 is 69.9 Å². The van der Waals surface area contributed by atoms with Gasteiger partial charge in [0.2, 0.25) is 0 Å². The number of nitrogens with one attached hydrogen (secondary N) is 2. The molecule has 4 atom stereocenters. The summed E-state index contributed by atoms with van der Waals surface area (Å²) in [6.07, 6.45) is -0.863. The van der Waals surface area contributed by atoms with Crippen molar-refractivity contribution in [3.05, 3.63) is 70.8 Å². The first-order valence-electron chi connectivity index (χ1n) is 22.2. The fraction of sp³-hybridized carbons (Fsp3) is 0.511. The van der Waals surface area contributed by atoms with E-state index in [9.17, 15) is 37.1 Å². The van der Waals surface area contributed by atoms with E-state index in [2.05, 4.69) is 20.5 Å². The van der Waals surface area contributed by atoms with Crippen LogP contribution in [0, 0.1) is 17.3 Å². The summed E-state index contributed by atoms with van der Waals surface area (Å²) in [4.78, 5) is 81.6. The van der Waals surface area contributed by atoms with Gasteiger partial charge < -0.3 is 4.74 Å². The number of carbonyl (C=O) groups is 5. The van der Waals surface area contributed by atoms with Gasteiger partial charge in [0.1, 0.15) is 0 Å². The van der Waals surface area contributed by atoms with Gasteiger partial charge in [0, 0.05) is 13.3 Å². The van der Waals surface area contributed by atoms with Gasteiger partial charge >= 0.3 is 377 Å². The maximum absolute atomic E-state index is 14.6. The van der Waals surface area contributed by atoms with E-state index in [0.29, 0.717) is 75.5 Å². The number of ether oxygens (including phenoxy) is 2. The number of benzene rings is 1. The molecule has 1 aromatic carbocycles. The number of rotatable bonds is 10. The van der Waals surface area contributed by atoms with Crippen LogP contribution in [-0.2, 0) is 46.0 Å². The number of carbonyl (C=O) groups excluding carboxylic acids is 5.